The number of pyridine rings is 1. The molecule has 0 bridgehead atoms. The second-order valence-corrected chi connectivity index (χ2v) is 5.23. The smallest absolute Gasteiger partial charge is 0.269 e. The van der Waals surface area contributed by atoms with E-state index in [0.717, 1.165) is 10.9 Å². The predicted molar refractivity (Wildman–Crippen MR) is 86.7 cm³/mol. The summed E-state index contributed by atoms with van der Waals surface area (Å²) in [5.74, 6) is 1.00. The van der Waals surface area contributed by atoms with E-state index in [9.17, 15) is 4.79 Å². The molecule has 0 unspecified atom stereocenters. The average molecular weight is 306 g/mol. The van der Waals surface area contributed by atoms with Gasteiger partial charge in [0.25, 0.3) is 5.91 Å². The lowest BCUT2D eigenvalue weighted by atomic mass is 10.1. The number of hydrogen-bond donors (Lipinski definition) is 1. The molecule has 1 aromatic heterocycles. The van der Waals surface area contributed by atoms with Gasteiger partial charge in [0.15, 0.2) is 11.5 Å². The fraction of sp³-hybridized carbons (Fsp3) is 0.111. The molecule has 2 aromatic carbocycles. The van der Waals surface area contributed by atoms with Crippen LogP contribution in [0, 0.1) is 0 Å². The Labute approximate surface area is 132 Å². The molecule has 114 valence electrons. The van der Waals surface area contributed by atoms with Gasteiger partial charge in [-0.1, -0.05) is 18.2 Å². The van der Waals surface area contributed by atoms with Crippen LogP contribution in [0.1, 0.15) is 0 Å². The summed E-state index contributed by atoms with van der Waals surface area (Å²) in [5.41, 5.74) is 1.54. The summed E-state index contributed by atoms with van der Waals surface area (Å²) in [7, 11) is 0. The van der Waals surface area contributed by atoms with Crippen molar-refractivity contribution < 1.29 is 14.3 Å². The lowest BCUT2D eigenvalue weighted by molar-refractivity contribution is -0.125. The Morgan fingerprint density at radius 2 is 1.91 bits per heavy atom. The van der Waals surface area contributed by atoms with Gasteiger partial charge >= 0.3 is 0 Å². The average Bonchev–Trinajstić information content (AvgIpc) is 2.61. The summed E-state index contributed by atoms with van der Waals surface area (Å²) >= 11 is 0. The van der Waals surface area contributed by atoms with Crippen LogP contribution in [0.4, 0.5) is 5.69 Å². The maximum absolute atomic E-state index is 12.5. The van der Waals surface area contributed by atoms with Crippen molar-refractivity contribution in [3.8, 4) is 11.5 Å². The molecule has 23 heavy (non-hydrogen) atoms. The van der Waals surface area contributed by atoms with Crippen LogP contribution < -0.4 is 14.8 Å². The number of anilines is 1. The van der Waals surface area contributed by atoms with E-state index in [2.05, 4.69) is 10.3 Å². The second-order valence-electron chi connectivity index (χ2n) is 5.23. The molecule has 1 aliphatic heterocycles. The minimum atomic E-state index is -0.683. The van der Waals surface area contributed by atoms with Crippen molar-refractivity contribution in [3.63, 3.8) is 0 Å². The van der Waals surface area contributed by atoms with Crippen molar-refractivity contribution in [3.05, 3.63) is 60.8 Å². The van der Waals surface area contributed by atoms with Crippen molar-refractivity contribution in [2.24, 2.45) is 0 Å². The standard InChI is InChI=1S/C18H14N2O3/c21-18(17-11-22-15-8-1-2-9-16(15)23-17)20-14-7-3-6-13-12(14)5-4-10-19-13/h1-10,17H,11H2,(H,20,21)/t17-/m0/s1. The molecule has 0 saturated heterocycles. The molecule has 2 heterocycles. The number of hydrogen-bond acceptors (Lipinski definition) is 4. The quantitative estimate of drug-likeness (QED) is 0.790. The van der Waals surface area contributed by atoms with Crippen LogP contribution in [-0.2, 0) is 4.79 Å². The molecule has 5 nitrogen and oxygen atoms in total. The number of nitrogens with one attached hydrogen (secondary N) is 1. The van der Waals surface area contributed by atoms with E-state index in [1.807, 2.05) is 48.5 Å². The summed E-state index contributed by atoms with van der Waals surface area (Å²) in [4.78, 5) is 16.8. The molecule has 4 rings (SSSR count). The zero-order valence-electron chi connectivity index (χ0n) is 12.2. The topological polar surface area (TPSA) is 60.5 Å². The van der Waals surface area contributed by atoms with Gasteiger partial charge < -0.3 is 14.8 Å². The van der Waals surface area contributed by atoms with E-state index in [0.29, 0.717) is 17.2 Å². The number of nitrogens with zero attached hydrogens (tertiary/aromatic N) is 1. The van der Waals surface area contributed by atoms with Crippen molar-refractivity contribution in [2.45, 2.75) is 6.10 Å². The van der Waals surface area contributed by atoms with Crippen molar-refractivity contribution in [2.75, 3.05) is 11.9 Å². The molecular weight excluding hydrogens is 292 g/mol. The third-order valence-corrected chi connectivity index (χ3v) is 3.70. The Balaban J connectivity index is 1.56. The van der Waals surface area contributed by atoms with Gasteiger partial charge in [0.2, 0.25) is 6.10 Å². The molecule has 1 N–H and O–H groups in total. The highest BCUT2D eigenvalue weighted by molar-refractivity contribution is 6.02. The molecule has 5 heteroatoms. The number of para-hydroxylation sites is 2. The molecule has 0 radical (unpaired) electrons. The number of amides is 1. The zero-order valence-corrected chi connectivity index (χ0v) is 12.2. The van der Waals surface area contributed by atoms with Crippen LogP contribution in [-0.4, -0.2) is 23.6 Å². The van der Waals surface area contributed by atoms with Gasteiger partial charge in [0.1, 0.15) is 6.61 Å². The highest BCUT2D eigenvalue weighted by Gasteiger charge is 2.27. The molecule has 0 aliphatic carbocycles. The number of ether oxygens (including phenoxy) is 2. The summed E-state index contributed by atoms with van der Waals surface area (Å²) < 4.78 is 11.3. The maximum atomic E-state index is 12.5. The van der Waals surface area contributed by atoms with Crippen LogP contribution in [0.15, 0.2) is 60.8 Å². The Hall–Kier alpha value is -3.08. The Bertz CT molecular complexity index is 874. The van der Waals surface area contributed by atoms with Gasteiger partial charge in [-0.05, 0) is 36.4 Å². The van der Waals surface area contributed by atoms with Crippen LogP contribution in [0.2, 0.25) is 0 Å². The lowest BCUT2D eigenvalue weighted by Crippen LogP contribution is -2.40. The van der Waals surface area contributed by atoms with Gasteiger partial charge in [-0.2, -0.15) is 0 Å². The first-order chi connectivity index (χ1) is 11.3. The summed E-state index contributed by atoms with van der Waals surface area (Å²) in [5, 5.41) is 3.79. The van der Waals surface area contributed by atoms with E-state index in [1.54, 1.807) is 12.3 Å². The summed E-state index contributed by atoms with van der Waals surface area (Å²) in [6, 6.07) is 16.7. The van der Waals surface area contributed by atoms with Crippen LogP contribution in [0.25, 0.3) is 10.9 Å². The largest absolute Gasteiger partial charge is 0.485 e. The minimum Gasteiger partial charge on any atom is -0.485 e. The normalized spacial score (nSPS) is 16.1. The number of fused-ring (bicyclic) bond motifs is 2. The lowest BCUT2D eigenvalue weighted by Gasteiger charge is -2.25. The minimum absolute atomic E-state index is 0.186. The molecule has 1 amide bonds. The van der Waals surface area contributed by atoms with E-state index in [-0.39, 0.29) is 12.5 Å². The Morgan fingerprint density at radius 3 is 2.83 bits per heavy atom. The van der Waals surface area contributed by atoms with Crippen LogP contribution in [0.5, 0.6) is 11.5 Å². The fourth-order valence-corrected chi connectivity index (χ4v) is 2.57. The first-order valence-electron chi connectivity index (χ1n) is 7.34. The molecule has 0 spiro atoms. The van der Waals surface area contributed by atoms with Gasteiger partial charge in [0.05, 0.1) is 11.2 Å². The first-order valence-corrected chi connectivity index (χ1v) is 7.34. The molecule has 3 aromatic rings. The molecule has 0 saturated carbocycles. The molecule has 1 atom stereocenters. The number of carbonyl (C=O) groups excluding carboxylic acids is 1. The maximum Gasteiger partial charge on any atom is 0.269 e. The van der Waals surface area contributed by atoms with E-state index in [1.165, 1.54) is 0 Å². The number of aromatic nitrogens is 1. The van der Waals surface area contributed by atoms with E-state index in [4.69, 9.17) is 9.47 Å². The third-order valence-electron chi connectivity index (χ3n) is 3.70. The van der Waals surface area contributed by atoms with E-state index < -0.39 is 6.10 Å². The first kappa shape index (κ1) is 13.6. The molecular formula is C18H14N2O3. The van der Waals surface area contributed by atoms with Crippen molar-refractivity contribution in [1.82, 2.24) is 4.98 Å². The highest BCUT2D eigenvalue weighted by Crippen LogP contribution is 2.31. The fourth-order valence-electron chi connectivity index (χ4n) is 2.57. The predicted octanol–water partition coefficient (Wildman–Crippen LogP) is 3.01. The molecule has 1 aliphatic rings. The third kappa shape index (κ3) is 2.57. The van der Waals surface area contributed by atoms with Crippen molar-refractivity contribution in [1.29, 1.82) is 0 Å². The molecule has 0 fully saturated rings. The monoisotopic (exact) mass is 306 g/mol. The van der Waals surface area contributed by atoms with Gasteiger partial charge in [-0.3, -0.25) is 9.78 Å². The number of rotatable bonds is 2. The van der Waals surface area contributed by atoms with Crippen LogP contribution in [0.3, 0.4) is 0 Å². The SMILES string of the molecule is O=C(Nc1cccc2ncccc12)[C@@H]1COc2ccccc2O1. The highest BCUT2D eigenvalue weighted by atomic mass is 16.6. The van der Waals surface area contributed by atoms with Crippen molar-refractivity contribution >= 4 is 22.5 Å². The van der Waals surface area contributed by atoms with Gasteiger partial charge in [0, 0.05) is 11.6 Å². The Morgan fingerprint density at radius 1 is 1.04 bits per heavy atom. The van der Waals surface area contributed by atoms with Gasteiger partial charge in [-0.15, -0.1) is 0 Å². The zero-order chi connectivity index (χ0) is 15.6. The second kappa shape index (κ2) is 5.61. The van der Waals surface area contributed by atoms with E-state index >= 15 is 0 Å². The summed E-state index contributed by atoms with van der Waals surface area (Å²) in [6.07, 6.45) is 1.04. The number of carbonyl (C=O) groups is 1. The Kier molecular flexibility index (Phi) is 3.31. The summed E-state index contributed by atoms with van der Waals surface area (Å²) in [6.45, 7) is 0.186. The van der Waals surface area contributed by atoms with Crippen LogP contribution >= 0.6 is 0 Å². The number of benzene rings is 2. The van der Waals surface area contributed by atoms with Gasteiger partial charge in [-0.25, -0.2) is 0 Å².